The van der Waals surface area contributed by atoms with Crippen LogP contribution in [0.15, 0.2) is 54.6 Å². The van der Waals surface area contributed by atoms with Crippen LogP contribution in [0.25, 0.3) is 11.3 Å². The molecular formula is C21H23N3O2. The zero-order valence-electron chi connectivity index (χ0n) is 15.2. The van der Waals surface area contributed by atoms with Gasteiger partial charge in [0.25, 0.3) is 5.91 Å². The van der Waals surface area contributed by atoms with Crippen LogP contribution in [0.1, 0.15) is 41.4 Å². The van der Waals surface area contributed by atoms with E-state index in [9.17, 15) is 4.79 Å². The molecule has 0 saturated heterocycles. The largest absolute Gasteiger partial charge is 0.497 e. The molecule has 3 rings (SSSR count). The second kappa shape index (κ2) is 7.87. The molecule has 0 radical (unpaired) electrons. The predicted molar refractivity (Wildman–Crippen MR) is 102 cm³/mol. The molecule has 0 fully saturated rings. The van der Waals surface area contributed by atoms with Gasteiger partial charge in [-0.25, -0.2) is 0 Å². The van der Waals surface area contributed by atoms with E-state index >= 15 is 0 Å². The number of hydrogen-bond acceptors (Lipinski definition) is 3. The van der Waals surface area contributed by atoms with E-state index in [-0.39, 0.29) is 5.91 Å². The Kier molecular flexibility index (Phi) is 5.37. The fourth-order valence-corrected chi connectivity index (χ4v) is 2.65. The Morgan fingerprint density at radius 2 is 1.81 bits per heavy atom. The van der Waals surface area contributed by atoms with E-state index in [0.717, 1.165) is 22.6 Å². The molecule has 0 aliphatic rings. The number of rotatable bonds is 6. The molecule has 134 valence electrons. The summed E-state index contributed by atoms with van der Waals surface area (Å²) in [5, 5.41) is 9.94. The number of ether oxygens (including phenoxy) is 1. The van der Waals surface area contributed by atoms with Gasteiger partial charge in [-0.3, -0.25) is 9.89 Å². The maximum absolute atomic E-state index is 12.3. The molecule has 2 aromatic carbocycles. The number of nitrogens with one attached hydrogen (secondary N) is 2. The first-order valence-electron chi connectivity index (χ1n) is 8.63. The van der Waals surface area contributed by atoms with E-state index in [4.69, 9.17) is 4.74 Å². The van der Waals surface area contributed by atoms with Gasteiger partial charge >= 0.3 is 0 Å². The number of carbonyl (C=O) groups excluding carboxylic acids is 1. The van der Waals surface area contributed by atoms with Crippen LogP contribution in [0.3, 0.4) is 0 Å². The number of methoxy groups -OCH3 is 1. The third kappa shape index (κ3) is 4.11. The van der Waals surface area contributed by atoms with Crippen molar-refractivity contribution >= 4 is 5.91 Å². The normalized spacial score (nSPS) is 10.8. The molecule has 3 aromatic rings. The van der Waals surface area contributed by atoms with E-state index in [2.05, 4.69) is 41.5 Å². The van der Waals surface area contributed by atoms with Crippen molar-refractivity contribution in [1.82, 2.24) is 15.5 Å². The van der Waals surface area contributed by atoms with Crippen LogP contribution in [0.5, 0.6) is 5.75 Å². The summed E-state index contributed by atoms with van der Waals surface area (Å²) in [5.74, 6) is 1.11. The summed E-state index contributed by atoms with van der Waals surface area (Å²) >= 11 is 0. The number of nitrogens with zero attached hydrogens (tertiary/aromatic N) is 1. The summed E-state index contributed by atoms with van der Waals surface area (Å²) in [6, 6.07) is 17.6. The summed E-state index contributed by atoms with van der Waals surface area (Å²) in [6.07, 6.45) is 0. The fourth-order valence-electron chi connectivity index (χ4n) is 2.65. The maximum atomic E-state index is 12.3. The summed E-state index contributed by atoms with van der Waals surface area (Å²) in [5.41, 5.74) is 4.44. The zero-order chi connectivity index (χ0) is 18.5. The van der Waals surface area contributed by atoms with Gasteiger partial charge in [-0.15, -0.1) is 0 Å². The van der Waals surface area contributed by atoms with Crippen molar-refractivity contribution in [3.63, 3.8) is 0 Å². The molecular weight excluding hydrogens is 326 g/mol. The molecule has 2 N–H and O–H groups in total. The van der Waals surface area contributed by atoms with Crippen molar-refractivity contribution in [3.8, 4) is 17.0 Å². The molecule has 5 heteroatoms. The highest BCUT2D eigenvalue weighted by molar-refractivity contribution is 5.93. The van der Waals surface area contributed by atoms with Crippen LogP contribution < -0.4 is 10.1 Å². The molecule has 0 atom stereocenters. The fraction of sp³-hybridized carbons (Fsp3) is 0.238. The summed E-state index contributed by atoms with van der Waals surface area (Å²) in [6.45, 7) is 4.80. The molecule has 5 nitrogen and oxygen atoms in total. The minimum absolute atomic E-state index is 0.176. The molecule has 0 aliphatic carbocycles. The van der Waals surface area contributed by atoms with Crippen LogP contribution in [0.2, 0.25) is 0 Å². The Hall–Kier alpha value is -3.08. The van der Waals surface area contributed by atoms with Gasteiger partial charge in [-0.05, 0) is 47.4 Å². The summed E-state index contributed by atoms with van der Waals surface area (Å²) in [4.78, 5) is 12.3. The van der Waals surface area contributed by atoms with Gasteiger partial charge in [-0.2, -0.15) is 5.10 Å². The Labute approximate surface area is 153 Å². The van der Waals surface area contributed by atoms with Gasteiger partial charge < -0.3 is 10.1 Å². The Balaban J connectivity index is 1.62. The number of hydrogen-bond donors (Lipinski definition) is 2. The number of aromatic nitrogens is 2. The predicted octanol–water partition coefficient (Wildman–Crippen LogP) is 4.14. The molecule has 0 aliphatic heterocycles. The highest BCUT2D eigenvalue weighted by Crippen LogP contribution is 2.21. The molecule has 0 spiro atoms. The van der Waals surface area contributed by atoms with Crippen LogP contribution in [0.4, 0.5) is 0 Å². The lowest BCUT2D eigenvalue weighted by atomic mass is 10.0. The second-order valence-corrected chi connectivity index (χ2v) is 6.47. The van der Waals surface area contributed by atoms with Crippen molar-refractivity contribution in [1.29, 1.82) is 0 Å². The van der Waals surface area contributed by atoms with Crippen LogP contribution in [-0.2, 0) is 6.54 Å². The lowest BCUT2D eigenvalue weighted by molar-refractivity contribution is 0.0946. The quantitative estimate of drug-likeness (QED) is 0.703. The molecule has 1 heterocycles. The number of benzene rings is 2. The smallest absolute Gasteiger partial charge is 0.269 e. The van der Waals surface area contributed by atoms with Gasteiger partial charge in [0.1, 0.15) is 11.4 Å². The number of amides is 1. The topological polar surface area (TPSA) is 67.0 Å². The monoisotopic (exact) mass is 349 g/mol. The van der Waals surface area contributed by atoms with E-state index in [0.29, 0.717) is 18.2 Å². The van der Waals surface area contributed by atoms with Gasteiger partial charge in [0, 0.05) is 12.1 Å². The average molecular weight is 349 g/mol. The summed E-state index contributed by atoms with van der Waals surface area (Å²) in [7, 11) is 1.63. The van der Waals surface area contributed by atoms with Gasteiger partial charge in [0.15, 0.2) is 0 Å². The van der Waals surface area contributed by atoms with Crippen molar-refractivity contribution in [2.75, 3.05) is 7.11 Å². The average Bonchev–Trinajstić information content (AvgIpc) is 3.17. The van der Waals surface area contributed by atoms with Crippen LogP contribution in [0, 0.1) is 0 Å². The Morgan fingerprint density at radius 1 is 1.12 bits per heavy atom. The lowest BCUT2D eigenvalue weighted by Gasteiger charge is -2.07. The van der Waals surface area contributed by atoms with Crippen molar-refractivity contribution < 1.29 is 9.53 Å². The molecule has 0 saturated carbocycles. The van der Waals surface area contributed by atoms with Crippen molar-refractivity contribution in [2.45, 2.75) is 26.3 Å². The van der Waals surface area contributed by atoms with E-state index in [1.54, 1.807) is 13.2 Å². The highest BCUT2D eigenvalue weighted by atomic mass is 16.5. The first kappa shape index (κ1) is 17.7. The number of H-pyrrole nitrogens is 1. The lowest BCUT2D eigenvalue weighted by Crippen LogP contribution is -2.23. The van der Waals surface area contributed by atoms with Crippen LogP contribution >= 0.6 is 0 Å². The third-order valence-corrected chi connectivity index (χ3v) is 4.31. The molecule has 1 aromatic heterocycles. The summed E-state index contributed by atoms with van der Waals surface area (Å²) < 4.78 is 5.15. The molecule has 26 heavy (non-hydrogen) atoms. The number of carbonyl (C=O) groups is 1. The van der Waals surface area contributed by atoms with Crippen molar-refractivity contribution in [2.24, 2.45) is 0 Å². The van der Waals surface area contributed by atoms with Gasteiger partial charge in [0.2, 0.25) is 0 Å². The first-order valence-corrected chi connectivity index (χ1v) is 8.63. The molecule has 1 amide bonds. The van der Waals surface area contributed by atoms with E-state index < -0.39 is 0 Å². The molecule has 0 bridgehead atoms. The maximum Gasteiger partial charge on any atom is 0.269 e. The Morgan fingerprint density at radius 3 is 2.42 bits per heavy atom. The SMILES string of the molecule is COc1ccc(-c2cc(C(=O)NCc3ccc(C(C)C)cc3)[nH]n2)cc1. The van der Waals surface area contributed by atoms with Gasteiger partial charge in [0.05, 0.1) is 12.8 Å². The first-order chi connectivity index (χ1) is 12.6. The van der Waals surface area contributed by atoms with Crippen molar-refractivity contribution in [3.05, 3.63) is 71.4 Å². The third-order valence-electron chi connectivity index (χ3n) is 4.31. The number of aromatic amines is 1. The minimum Gasteiger partial charge on any atom is -0.497 e. The highest BCUT2D eigenvalue weighted by Gasteiger charge is 2.11. The second-order valence-electron chi connectivity index (χ2n) is 6.47. The van der Waals surface area contributed by atoms with E-state index in [1.807, 2.05) is 36.4 Å². The van der Waals surface area contributed by atoms with Crippen LogP contribution in [-0.4, -0.2) is 23.2 Å². The minimum atomic E-state index is -0.176. The Bertz CT molecular complexity index is 865. The molecule has 0 unspecified atom stereocenters. The van der Waals surface area contributed by atoms with Gasteiger partial charge in [-0.1, -0.05) is 38.1 Å². The zero-order valence-corrected chi connectivity index (χ0v) is 15.2. The van der Waals surface area contributed by atoms with E-state index in [1.165, 1.54) is 5.56 Å². The standard InChI is InChI=1S/C21H23N3O2/c1-14(2)16-6-4-15(5-7-16)13-22-21(25)20-12-19(23-24-20)17-8-10-18(26-3)11-9-17/h4-12,14H,13H2,1-3H3,(H,22,25)(H,23,24).